The Bertz CT molecular complexity index is 2300. The number of hydrogen-bond acceptors (Lipinski definition) is 8. The summed E-state index contributed by atoms with van der Waals surface area (Å²) >= 11 is 3.42. The van der Waals surface area contributed by atoms with Crippen LogP contribution in [0.25, 0.3) is 21.3 Å². The van der Waals surface area contributed by atoms with Gasteiger partial charge in [0, 0.05) is 30.0 Å². The minimum atomic E-state index is -0.564. The molecule has 7 aromatic rings. The number of aliphatic hydroxyl groups excluding tert-OH is 1. The summed E-state index contributed by atoms with van der Waals surface area (Å²) in [6.07, 6.45) is -0.111. The van der Waals surface area contributed by atoms with Gasteiger partial charge in [-0.05, 0) is 76.3 Å². The van der Waals surface area contributed by atoms with E-state index in [1.165, 1.54) is 4.70 Å². The minimum Gasteiger partial charge on any atom is -0.457 e. The number of fused-ring (bicyclic) bond motifs is 1. The molecule has 6 aromatic carbocycles. The molecule has 55 heavy (non-hydrogen) atoms. The number of carbonyl (C=O) groups is 1. The molecule has 0 radical (unpaired) electrons. The van der Waals surface area contributed by atoms with E-state index >= 15 is 0 Å². The minimum absolute atomic E-state index is 0.00179. The zero-order valence-corrected chi connectivity index (χ0v) is 31.5. The molecule has 3 N–H and O–H groups in total. The molecule has 0 aliphatic carbocycles. The van der Waals surface area contributed by atoms with Crippen molar-refractivity contribution >= 4 is 45.0 Å². The van der Waals surface area contributed by atoms with Crippen LogP contribution in [0.3, 0.4) is 0 Å². The Hall–Kier alpha value is -5.49. The number of carbonyl (C=O) groups excluding carboxylic acids is 1. The van der Waals surface area contributed by atoms with Gasteiger partial charge in [0.2, 0.25) is 0 Å². The van der Waals surface area contributed by atoms with Crippen LogP contribution in [0.15, 0.2) is 156 Å². The Labute approximate surface area is 328 Å². The molecule has 3 atom stereocenters. The lowest BCUT2D eigenvalue weighted by atomic mass is 9.98. The standard InChI is InChI=1S/C45H39N3O5S2/c49-28-30-14-16-32(17-15-30)41-26-38(29-54-45-48-40-12-6-7-13-42(40)55-45)52-43(53-41)33-20-18-31(19-21-33)39-11-5-4-8-34(39)27-46-44(50)47-35-22-24-37(25-23-35)51-36-9-2-1-3-10-36/h1-25,38,41,43,49H,26-29H2,(H2,46,47,50)/t38-,41+,43+/m1/s1. The lowest BCUT2D eigenvalue weighted by Crippen LogP contribution is -2.31. The fourth-order valence-electron chi connectivity index (χ4n) is 6.46. The van der Waals surface area contributed by atoms with Crippen LogP contribution in [-0.4, -0.2) is 28.0 Å². The van der Waals surface area contributed by atoms with Gasteiger partial charge >= 0.3 is 6.03 Å². The molecule has 0 spiro atoms. The number of aliphatic hydroxyl groups is 1. The number of anilines is 1. The molecule has 8 nitrogen and oxygen atoms in total. The first-order chi connectivity index (χ1) is 27.1. The third-order valence-electron chi connectivity index (χ3n) is 9.32. The van der Waals surface area contributed by atoms with Gasteiger partial charge in [0.15, 0.2) is 10.6 Å². The van der Waals surface area contributed by atoms with Gasteiger partial charge in [-0.2, -0.15) is 0 Å². The lowest BCUT2D eigenvalue weighted by Gasteiger charge is -2.36. The monoisotopic (exact) mass is 765 g/mol. The van der Waals surface area contributed by atoms with Gasteiger partial charge in [-0.25, -0.2) is 9.78 Å². The van der Waals surface area contributed by atoms with Gasteiger partial charge in [-0.1, -0.05) is 115 Å². The van der Waals surface area contributed by atoms with Crippen LogP contribution in [-0.2, 0) is 22.6 Å². The molecule has 0 saturated carbocycles. The van der Waals surface area contributed by atoms with E-state index < -0.39 is 6.29 Å². The average Bonchev–Trinajstić information content (AvgIpc) is 3.67. The molecule has 276 valence electrons. The Kier molecular flexibility index (Phi) is 11.5. The molecular formula is C45H39N3O5S2. The van der Waals surface area contributed by atoms with Crippen LogP contribution in [0.1, 0.15) is 41.1 Å². The first kappa shape index (κ1) is 36.5. The number of ether oxygens (including phenoxy) is 3. The lowest BCUT2D eigenvalue weighted by molar-refractivity contribution is -0.245. The van der Waals surface area contributed by atoms with E-state index in [0.717, 1.165) is 54.7 Å². The Balaban J connectivity index is 0.924. The van der Waals surface area contributed by atoms with E-state index in [1.54, 1.807) is 23.1 Å². The van der Waals surface area contributed by atoms with Gasteiger partial charge in [0.05, 0.1) is 29.0 Å². The molecular weight excluding hydrogens is 727 g/mol. The summed E-state index contributed by atoms with van der Waals surface area (Å²) in [5, 5.41) is 15.5. The van der Waals surface area contributed by atoms with Crippen LogP contribution < -0.4 is 15.4 Å². The van der Waals surface area contributed by atoms with E-state index in [-0.39, 0.29) is 24.8 Å². The van der Waals surface area contributed by atoms with Crippen molar-refractivity contribution in [1.82, 2.24) is 10.3 Å². The fourth-order valence-corrected chi connectivity index (χ4v) is 8.57. The summed E-state index contributed by atoms with van der Waals surface area (Å²) in [4.78, 5) is 17.7. The average molecular weight is 766 g/mol. The predicted molar refractivity (Wildman–Crippen MR) is 219 cm³/mol. The number of rotatable bonds is 12. The summed E-state index contributed by atoms with van der Waals surface area (Å²) in [6, 6.07) is 49.0. The van der Waals surface area contributed by atoms with Gasteiger partial charge in [0.25, 0.3) is 0 Å². The topological polar surface area (TPSA) is 102 Å². The maximum absolute atomic E-state index is 12.9. The molecule has 1 fully saturated rings. The first-order valence-electron chi connectivity index (χ1n) is 18.1. The number of nitrogens with zero attached hydrogens (tertiary/aromatic N) is 1. The molecule has 8 rings (SSSR count). The SMILES string of the molecule is O=C(NCc1ccccc1-c1ccc([C@H]2O[C@@H](CSc3nc4ccccc4s3)C[C@@H](c3ccc(CO)cc3)O2)cc1)Nc1ccc(Oc2ccccc2)cc1. The first-order valence-corrected chi connectivity index (χ1v) is 19.9. The number of thiazole rings is 1. The van der Waals surface area contributed by atoms with Crippen LogP contribution >= 0.6 is 23.1 Å². The molecule has 0 bridgehead atoms. The largest absolute Gasteiger partial charge is 0.457 e. The maximum atomic E-state index is 12.9. The normalized spacial score (nSPS) is 16.8. The molecule has 1 aliphatic heterocycles. The van der Waals surface area contributed by atoms with E-state index in [9.17, 15) is 9.90 Å². The highest BCUT2D eigenvalue weighted by Crippen LogP contribution is 2.41. The van der Waals surface area contributed by atoms with Crippen LogP contribution in [0.2, 0.25) is 0 Å². The summed E-state index contributed by atoms with van der Waals surface area (Å²) in [7, 11) is 0. The number of urea groups is 1. The number of thioether (sulfide) groups is 1. The second-order valence-corrected chi connectivity index (χ2v) is 15.4. The third kappa shape index (κ3) is 9.25. The van der Waals surface area contributed by atoms with Crippen molar-refractivity contribution in [3.63, 3.8) is 0 Å². The van der Waals surface area contributed by atoms with Crippen LogP contribution in [0.5, 0.6) is 11.5 Å². The highest BCUT2D eigenvalue weighted by atomic mass is 32.2. The second-order valence-electron chi connectivity index (χ2n) is 13.1. The van der Waals surface area contributed by atoms with Crippen molar-refractivity contribution in [2.75, 3.05) is 11.1 Å². The Morgan fingerprint density at radius 3 is 2.27 bits per heavy atom. The number of benzene rings is 6. The second kappa shape index (κ2) is 17.3. The molecule has 0 unspecified atom stereocenters. The molecule has 1 aromatic heterocycles. The van der Waals surface area contributed by atoms with Crippen molar-refractivity contribution in [2.24, 2.45) is 0 Å². The number of para-hydroxylation sites is 2. The number of amides is 2. The summed E-state index contributed by atoms with van der Waals surface area (Å²) in [5.41, 5.74) is 7.54. The number of hydrogen-bond donors (Lipinski definition) is 3. The molecule has 10 heteroatoms. The summed E-state index contributed by atoms with van der Waals surface area (Å²) in [6.45, 7) is 0.344. The molecule has 2 amide bonds. The van der Waals surface area contributed by atoms with Crippen molar-refractivity contribution in [3.8, 4) is 22.6 Å². The quantitative estimate of drug-likeness (QED) is 0.106. The van der Waals surface area contributed by atoms with Crippen LogP contribution in [0.4, 0.5) is 10.5 Å². The van der Waals surface area contributed by atoms with E-state index in [2.05, 4.69) is 47.0 Å². The van der Waals surface area contributed by atoms with Gasteiger partial charge < -0.3 is 30.0 Å². The zero-order chi connectivity index (χ0) is 37.4. The van der Waals surface area contributed by atoms with E-state index in [0.29, 0.717) is 24.4 Å². The van der Waals surface area contributed by atoms with Gasteiger partial charge in [-0.3, -0.25) is 0 Å². The highest BCUT2D eigenvalue weighted by Gasteiger charge is 2.32. The van der Waals surface area contributed by atoms with E-state index in [4.69, 9.17) is 19.2 Å². The molecule has 1 aliphatic rings. The number of nitrogens with one attached hydrogen (secondary N) is 2. The van der Waals surface area contributed by atoms with Gasteiger partial charge in [0.1, 0.15) is 11.5 Å². The van der Waals surface area contributed by atoms with Crippen molar-refractivity contribution in [3.05, 3.63) is 174 Å². The fraction of sp³-hybridized carbons (Fsp3) is 0.156. The Morgan fingerprint density at radius 1 is 0.782 bits per heavy atom. The molecule has 2 heterocycles. The van der Waals surface area contributed by atoms with E-state index in [1.807, 2.05) is 115 Å². The van der Waals surface area contributed by atoms with Crippen molar-refractivity contribution in [2.45, 2.75) is 42.4 Å². The highest BCUT2D eigenvalue weighted by molar-refractivity contribution is 8.01. The number of aromatic nitrogens is 1. The predicted octanol–water partition coefficient (Wildman–Crippen LogP) is 10.9. The van der Waals surface area contributed by atoms with Gasteiger partial charge in [-0.15, -0.1) is 11.3 Å². The smallest absolute Gasteiger partial charge is 0.319 e. The van der Waals surface area contributed by atoms with Crippen molar-refractivity contribution in [1.29, 1.82) is 0 Å². The van der Waals surface area contributed by atoms with Crippen LogP contribution in [0, 0.1) is 0 Å². The Morgan fingerprint density at radius 2 is 1.49 bits per heavy atom. The zero-order valence-electron chi connectivity index (χ0n) is 29.8. The molecule has 1 saturated heterocycles. The van der Waals surface area contributed by atoms with Crippen molar-refractivity contribution < 1.29 is 24.1 Å². The summed E-state index contributed by atoms with van der Waals surface area (Å²) < 4.78 is 21.3. The maximum Gasteiger partial charge on any atom is 0.319 e. The third-order valence-corrected chi connectivity index (χ3v) is 11.6. The summed E-state index contributed by atoms with van der Waals surface area (Å²) in [5.74, 6) is 2.18.